The lowest BCUT2D eigenvalue weighted by atomic mass is 9.78. The van der Waals surface area contributed by atoms with Crippen LogP contribution in [-0.4, -0.2) is 30.1 Å². The summed E-state index contributed by atoms with van der Waals surface area (Å²) in [4.78, 5) is 2.75. The summed E-state index contributed by atoms with van der Waals surface area (Å²) in [6, 6.07) is 1.69. The largest absolute Gasteiger partial charge is 0.329 e. The minimum atomic E-state index is 0.826. The van der Waals surface area contributed by atoms with E-state index in [0.717, 1.165) is 37.0 Å². The lowest BCUT2D eigenvalue weighted by Gasteiger charge is -2.46. The number of nitrogens with two attached hydrogens (primary N) is 1. The standard InChI is InChI=1S/C14H28N2/c1-11-8-12(2)10-14(9-11)16(7-6-15)13-4-3-5-13/h11-14H,3-10,15H2,1-2H3. The Morgan fingerprint density at radius 1 is 1.00 bits per heavy atom. The van der Waals surface area contributed by atoms with Gasteiger partial charge in [-0.1, -0.05) is 20.3 Å². The van der Waals surface area contributed by atoms with Crippen LogP contribution in [0.25, 0.3) is 0 Å². The Balaban J connectivity index is 1.94. The van der Waals surface area contributed by atoms with Gasteiger partial charge < -0.3 is 5.73 Å². The van der Waals surface area contributed by atoms with Crippen molar-refractivity contribution in [2.24, 2.45) is 17.6 Å². The second kappa shape index (κ2) is 5.50. The Labute approximate surface area is 101 Å². The van der Waals surface area contributed by atoms with Gasteiger partial charge in [0.1, 0.15) is 0 Å². The van der Waals surface area contributed by atoms with Crippen molar-refractivity contribution in [3.8, 4) is 0 Å². The summed E-state index contributed by atoms with van der Waals surface area (Å²) in [6.07, 6.45) is 8.50. The van der Waals surface area contributed by atoms with Gasteiger partial charge in [0, 0.05) is 25.2 Å². The van der Waals surface area contributed by atoms with Crippen LogP contribution in [0, 0.1) is 11.8 Å². The van der Waals surface area contributed by atoms with E-state index in [1.807, 2.05) is 0 Å². The molecule has 0 aromatic carbocycles. The molecule has 94 valence electrons. The molecule has 0 aromatic heterocycles. The molecule has 2 nitrogen and oxygen atoms in total. The fourth-order valence-electron chi connectivity index (χ4n) is 3.71. The number of hydrogen-bond acceptors (Lipinski definition) is 2. The fraction of sp³-hybridized carbons (Fsp3) is 1.00. The molecule has 0 heterocycles. The van der Waals surface area contributed by atoms with Gasteiger partial charge in [-0.25, -0.2) is 0 Å². The molecule has 0 radical (unpaired) electrons. The topological polar surface area (TPSA) is 29.3 Å². The molecule has 2 aliphatic rings. The third-order valence-electron chi connectivity index (χ3n) is 4.55. The lowest BCUT2D eigenvalue weighted by molar-refractivity contribution is 0.0394. The molecule has 2 rings (SSSR count). The first kappa shape index (κ1) is 12.4. The van der Waals surface area contributed by atoms with Gasteiger partial charge in [0.15, 0.2) is 0 Å². The van der Waals surface area contributed by atoms with E-state index >= 15 is 0 Å². The van der Waals surface area contributed by atoms with Crippen molar-refractivity contribution in [2.75, 3.05) is 13.1 Å². The van der Waals surface area contributed by atoms with E-state index in [2.05, 4.69) is 18.7 Å². The average molecular weight is 224 g/mol. The third kappa shape index (κ3) is 2.78. The quantitative estimate of drug-likeness (QED) is 0.795. The van der Waals surface area contributed by atoms with E-state index in [-0.39, 0.29) is 0 Å². The molecule has 2 aliphatic carbocycles. The minimum absolute atomic E-state index is 0.826. The summed E-state index contributed by atoms with van der Waals surface area (Å²) in [6.45, 7) is 6.79. The van der Waals surface area contributed by atoms with Gasteiger partial charge in [0.05, 0.1) is 0 Å². The van der Waals surface area contributed by atoms with Crippen LogP contribution in [0.3, 0.4) is 0 Å². The second-order valence-electron chi connectivity index (χ2n) is 6.18. The highest BCUT2D eigenvalue weighted by atomic mass is 15.2. The van der Waals surface area contributed by atoms with Gasteiger partial charge in [-0.3, -0.25) is 4.90 Å². The molecule has 0 saturated heterocycles. The van der Waals surface area contributed by atoms with Crippen LogP contribution in [0.4, 0.5) is 0 Å². The van der Waals surface area contributed by atoms with E-state index in [1.54, 1.807) is 0 Å². The summed E-state index contributed by atoms with van der Waals surface area (Å²) in [5, 5.41) is 0. The molecule has 2 saturated carbocycles. The van der Waals surface area contributed by atoms with Crippen molar-refractivity contribution in [1.29, 1.82) is 0 Å². The smallest absolute Gasteiger partial charge is 0.0110 e. The third-order valence-corrected chi connectivity index (χ3v) is 4.55. The van der Waals surface area contributed by atoms with E-state index in [0.29, 0.717) is 0 Å². The van der Waals surface area contributed by atoms with E-state index in [1.165, 1.54) is 38.5 Å². The molecule has 0 aliphatic heterocycles. The number of hydrogen-bond donors (Lipinski definition) is 1. The SMILES string of the molecule is CC1CC(C)CC(N(CCN)C2CCC2)C1. The summed E-state index contributed by atoms with van der Waals surface area (Å²) in [5.41, 5.74) is 5.78. The highest BCUT2D eigenvalue weighted by molar-refractivity contribution is 4.89. The average Bonchev–Trinajstić information content (AvgIpc) is 2.12. The first-order valence-electron chi connectivity index (χ1n) is 7.16. The molecule has 2 atom stereocenters. The Hall–Kier alpha value is -0.0800. The van der Waals surface area contributed by atoms with Crippen molar-refractivity contribution in [1.82, 2.24) is 4.90 Å². The van der Waals surface area contributed by atoms with E-state index in [9.17, 15) is 0 Å². The predicted octanol–water partition coefficient (Wildman–Crippen LogP) is 2.62. The summed E-state index contributed by atoms with van der Waals surface area (Å²) in [5.74, 6) is 1.82. The molecular formula is C14H28N2. The van der Waals surface area contributed by atoms with Gasteiger partial charge in [-0.15, -0.1) is 0 Å². The fourth-order valence-corrected chi connectivity index (χ4v) is 3.71. The lowest BCUT2D eigenvalue weighted by Crippen LogP contribution is -2.50. The molecule has 2 fully saturated rings. The molecule has 0 amide bonds. The molecule has 0 aromatic rings. The zero-order chi connectivity index (χ0) is 11.5. The van der Waals surface area contributed by atoms with Crippen molar-refractivity contribution < 1.29 is 0 Å². The summed E-state index contributed by atoms with van der Waals surface area (Å²) in [7, 11) is 0. The molecule has 0 spiro atoms. The van der Waals surface area contributed by atoms with Gasteiger partial charge in [-0.2, -0.15) is 0 Å². The molecule has 16 heavy (non-hydrogen) atoms. The molecule has 2 N–H and O–H groups in total. The molecular weight excluding hydrogens is 196 g/mol. The van der Waals surface area contributed by atoms with Crippen LogP contribution >= 0.6 is 0 Å². The van der Waals surface area contributed by atoms with Crippen LogP contribution in [0.1, 0.15) is 52.4 Å². The predicted molar refractivity (Wildman–Crippen MR) is 69.4 cm³/mol. The van der Waals surface area contributed by atoms with Crippen LogP contribution < -0.4 is 5.73 Å². The summed E-state index contributed by atoms with van der Waals surface area (Å²) >= 11 is 0. The highest BCUT2D eigenvalue weighted by Crippen LogP contribution is 2.35. The van der Waals surface area contributed by atoms with Gasteiger partial charge in [-0.05, 0) is 43.9 Å². The van der Waals surface area contributed by atoms with Crippen LogP contribution in [0.5, 0.6) is 0 Å². The summed E-state index contributed by atoms with van der Waals surface area (Å²) < 4.78 is 0. The Morgan fingerprint density at radius 3 is 2.06 bits per heavy atom. The van der Waals surface area contributed by atoms with Crippen molar-refractivity contribution >= 4 is 0 Å². The maximum Gasteiger partial charge on any atom is 0.0110 e. The van der Waals surface area contributed by atoms with Gasteiger partial charge >= 0.3 is 0 Å². The Morgan fingerprint density at radius 2 is 1.62 bits per heavy atom. The Kier molecular flexibility index (Phi) is 4.26. The minimum Gasteiger partial charge on any atom is -0.329 e. The van der Waals surface area contributed by atoms with Crippen molar-refractivity contribution in [3.05, 3.63) is 0 Å². The zero-order valence-corrected chi connectivity index (χ0v) is 11.0. The monoisotopic (exact) mass is 224 g/mol. The Bertz CT molecular complexity index is 203. The first-order chi connectivity index (χ1) is 7.70. The highest BCUT2D eigenvalue weighted by Gasteiger charge is 2.33. The van der Waals surface area contributed by atoms with Crippen molar-refractivity contribution in [3.63, 3.8) is 0 Å². The molecule has 0 bridgehead atoms. The normalized spacial score (nSPS) is 36.4. The molecule has 2 unspecified atom stereocenters. The first-order valence-corrected chi connectivity index (χ1v) is 7.16. The van der Waals surface area contributed by atoms with Crippen LogP contribution in [0.2, 0.25) is 0 Å². The second-order valence-corrected chi connectivity index (χ2v) is 6.18. The van der Waals surface area contributed by atoms with E-state index in [4.69, 9.17) is 5.73 Å². The number of rotatable bonds is 4. The van der Waals surface area contributed by atoms with Gasteiger partial charge in [0.25, 0.3) is 0 Å². The molecule has 2 heteroatoms. The van der Waals surface area contributed by atoms with Crippen molar-refractivity contribution in [2.45, 2.75) is 64.5 Å². The van der Waals surface area contributed by atoms with E-state index < -0.39 is 0 Å². The zero-order valence-electron chi connectivity index (χ0n) is 11.0. The van der Waals surface area contributed by atoms with Crippen LogP contribution in [-0.2, 0) is 0 Å². The number of nitrogens with zero attached hydrogens (tertiary/aromatic N) is 1. The maximum atomic E-state index is 5.78. The van der Waals surface area contributed by atoms with Gasteiger partial charge in [0.2, 0.25) is 0 Å². The van der Waals surface area contributed by atoms with Crippen LogP contribution in [0.15, 0.2) is 0 Å². The maximum absolute atomic E-state index is 5.78.